The van der Waals surface area contributed by atoms with E-state index >= 15 is 0 Å². The van der Waals surface area contributed by atoms with Crippen molar-refractivity contribution in [3.63, 3.8) is 0 Å². The minimum absolute atomic E-state index is 0.304. The third-order valence-electron chi connectivity index (χ3n) is 2.58. The Morgan fingerprint density at radius 2 is 2.06 bits per heavy atom. The predicted molar refractivity (Wildman–Crippen MR) is 66.2 cm³/mol. The normalized spacial score (nSPS) is 10.9. The molecule has 3 aromatic rings. The van der Waals surface area contributed by atoms with Gasteiger partial charge in [-0.2, -0.15) is 0 Å². The Labute approximate surface area is 102 Å². The van der Waals surface area contributed by atoms with Crippen molar-refractivity contribution in [2.75, 3.05) is 0 Å². The van der Waals surface area contributed by atoms with Gasteiger partial charge in [-0.1, -0.05) is 12.1 Å². The number of aromatic nitrogens is 3. The van der Waals surface area contributed by atoms with E-state index in [4.69, 9.17) is 12.2 Å². The van der Waals surface area contributed by atoms with Crippen LogP contribution < -0.4 is 0 Å². The van der Waals surface area contributed by atoms with Crippen LogP contribution in [0.15, 0.2) is 42.7 Å². The molecule has 0 aliphatic heterocycles. The quantitative estimate of drug-likeness (QED) is 0.668. The number of rotatable bonds is 1. The molecule has 5 heteroatoms. The Kier molecular flexibility index (Phi) is 2.26. The van der Waals surface area contributed by atoms with Gasteiger partial charge in [-0.3, -0.25) is 9.55 Å². The van der Waals surface area contributed by atoms with E-state index in [1.165, 1.54) is 6.07 Å². The number of aromatic amines is 1. The summed E-state index contributed by atoms with van der Waals surface area (Å²) >= 11 is 5.21. The zero-order chi connectivity index (χ0) is 11.8. The molecule has 0 radical (unpaired) electrons. The van der Waals surface area contributed by atoms with Crippen molar-refractivity contribution < 1.29 is 4.39 Å². The Hall–Kier alpha value is -2.01. The van der Waals surface area contributed by atoms with Gasteiger partial charge in [0.2, 0.25) is 0 Å². The van der Waals surface area contributed by atoms with E-state index in [0.717, 1.165) is 11.0 Å². The fraction of sp³-hybridized carbons (Fsp3) is 0. The molecule has 2 aromatic heterocycles. The van der Waals surface area contributed by atoms with Crippen LogP contribution in [-0.2, 0) is 0 Å². The van der Waals surface area contributed by atoms with Crippen molar-refractivity contribution in [1.82, 2.24) is 14.5 Å². The fourth-order valence-corrected chi connectivity index (χ4v) is 2.14. The first-order chi connectivity index (χ1) is 8.27. The molecule has 0 aliphatic rings. The second kappa shape index (κ2) is 3.78. The smallest absolute Gasteiger partial charge is 0.182 e. The average molecular weight is 245 g/mol. The van der Waals surface area contributed by atoms with E-state index in [2.05, 4.69) is 9.97 Å². The van der Waals surface area contributed by atoms with Crippen molar-refractivity contribution in [2.24, 2.45) is 0 Å². The zero-order valence-corrected chi connectivity index (χ0v) is 9.54. The fourth-order valence-electron chi connectivity index (χ4n) is 1.83. The number of fused-ring (bicyclic) bond motifs is 1. The van der Waals surface area contributed by atoms with Crippen molar-refractivity contribution in [2.45, 2.75) is 0 Å². The number of hydrogen-bond donors (Lipinski definition) is 1. The molecule has 0 spiro atoms. The minimum atomic E-state index is -0.304. The van der Waals surface area contributed by atoms with Crippen LogP contribution in [0.5, 0.6) is 0 Å². The number of H-pyrrole nitrogens is 1. The molecule has 84 valence electrons. The van der Waals surface area contributed by atoms with Crippen molar-refractivity contribution in [1.29, 1.82) is 0 Å². The van der Waals surface area contributed by atoms with E-state index in [-0.39, 0.29) is 5.82 Å². The second-order valence-electron chi connectivity index (χ2n) is 3.61. The molecule has 0 amide bonds. The van der Waals surface area contributed by atoms with Crippen LogP contribution in [0.3, 0.4) is 0 Å². The number of benzene rings is 1. The predicted octanol–water partition coefficient (Wildman–Crippen LogP) is 3.22. The topological polar surface area (TPSA) is 33.6 Å². The SMILES string of the molecule is Fc1ccccc1-n1c(=S)[nH]c2cnccc21. The third kappa shape index (κ3) is 1.55. The van der Waals surface area contributed by atoms with Crippen LogP contribution in [0.4, 0.5) is 4.39 Å². The summed E-state index contributed by atoms with van der Waals surface area (Å²) in [5.41, 5.74) is 2.05. The Bertz CT molecular complexity index is 745. The van der Waals surface area contributed by atoms with Crippen LogP contribution in [-0.4, -0.2) is 14.5 Å². The molecule has 2 heterocycles. The number of halogens is 1. The summed E-state index contributed by atoms with van der Waals surface area (Å²) in [6.45, 7) is 0. The maximum absolute atomic E-state index is 13.8. The number of nitrogens with one attached hydrogen (secondary N) is 1. The summed E-state index contributed by atoms with van der Waals surface area (Å²) in [6, 6.07) is 8.34. The van der Waals surface area contributed by atoms with E-state index in [0.29, 0.717) is 10.5 Å². The first-order valence-corrected chi connectivity index (χ1v) is 5.48. The lowest BCUT2D eigenvalue weighted by Gasteiger charge is -2.04. The van der Waals surface area contributed by atoms with Crippen LogP contribution in [0.1, 0.15) is 0 Å². The minimum Gasteiger partial charge on any atom is -0.329 e. The summed E-state index contributed by atoms with van der Waals surface area (Å²) in [5.74, 6) is -0.304. The highest BCUT2D eigenvalue weighted by atomic mass is 32.1. The van der Waals surface area contributed by atoms with Gasteiger partial charge in [-0.25, -0.2) is 4.39 Å². The molecule has 3 rings (SSSR count). The second-order valence-corrected chi connectivity index (χ2v) is 4.00. The Morgan fingerprint density at radius 3 is 2.88 bits per heavy atom. The average Bonchev–Trinajstić information content (AvgIpc) is 2.66. The van der Waals surface area contributed by atoms with Crippen molar-refractivity contribution in [3.8, 4) is 5.69 Å². The molecule has 0 unspecified atom stereocenters. The largest absolute Gasteiger partial charge is 0.329 e. The standard InChI is InChI=1S/C12H8FN3S/c13-8-3-1-2-4-10(8)16-11-5-6-14-7-9(11)15-12(16)17/h1-7H,(H,15,17). The summed E-state index contributed by atoms with van der Waals surface area (Å²) in [6.07, 6.45) is 3.32. The van der Waals surface area contributed by atoms with Gasteiger partial charge in [0, 0.05) is 6.20 Å². The van der Waals surface area contributed by atoms with Crippen molar-refractivity contribution in [3.05, 3.63) is 53.3 Å². The summed E-state index contributed by atoms with van der Waals surface area (Å²) in [7, 11) is 0. The van der Waals surface area contributed by atoms with Crippen molar-refractivity contribution >= 4 is 23.3 Å². The van der Waals surface area contributed by atoms with Gasteiger partial charge in [0.15, 0.2) is 4.77 Å². The van der Waals surface area contributed by atoms with Gasteiger partial charge < -0.3 is 4.98 Å². The molecular weight excluding hydrogens is 237 g/mol. The lowest BCUT2D eigenvalue weighted by Crippen LogP contribution is -1.97. The number of imidazole rings is 1. The van der Waals surface area contributed by atoms with Gasteiger partial charge in [-0.15, -0.1) is 0 Å². The molecule has 17 heavy (non-hydrogen) atoms. The van der Waals surface area contributed by atoms with E-state index in [1.54, 1.807) is 41.2 Å². The molecule has 0 saturated heterocycles. The highest BCUT2D eigenvalue weighted by Gasteiger charge is 2.09. The molecule has 1 N–H and O–H groups in total. The van der Waals surface area contributed by atoms with E-state index in [1.807, 2.05) is 0 Å². The summed E-state index contributed by atoms with van der Waals surface area (Å²) < 4.78 is 15.9. The molecule has 0 fully saturated rings. The van der Waals surface area contributed by atoms with Crippen LogP contribution in [0.25, 0.3) is 16.7 Å². The molecule has 0 aliphatic carbocycles. The molecular formula is C12H8FN3S. The lowest BCUT2D eigenvalue weighted by molar-refractivity contribution is 0.619. The number of nitrogens with zero attached hydrogens (tertiary/aromatic N) is 2. The molecule has 3 nitrogen and oxygen atoms in total. The highest BCUT2D eigenvalue weighted by Crippen LogP contribution is 2.20. The summed E-state index contributed by atoms with van der Waals surface area (Å²) in [5, 5.41) is 0. The zero-order valence-electron chi connectivity index (χ0n) is 8.72. The number of pyridine rings is 1. The molecule has 0 atom stereocenters. The van der Waals surface area contributed by atoms with Gasteiger partial charge in [0.05, 0.1) is 22.9 Å². The lowest BCUT2D eigenvalue weighted by atomic mass is 10.3. The molecule has 0 saturated carbocycles. The molecule has 1 aromatic carbocycles. The van der Waals surface area contributed by atoms with Gasteiger partial charge in [-0.05, 0) is 30.4 Å². The Balaban J connectivity index is 2.42. The first-order valence-electron chi connectivity index (χ1n) is 5.07. The van der Waals surface area contributed by atoms with E-state index in [9.17, 15) is 4.39 Å². The van der Waals surface area contributed by atoms with Gasteiger partial charge in [0.1, 0.15) is 5.82 Å². The monoisotopic (exact) mass is 245 g/mol. The number of hydrogen-bond acceptors (Lipinski definition) is 2. The maximum atomic E-state index is 13.8. The summed E-state index contributed by atoms with van der Waals surface area (Å²) in [4.78, 5) is 7.00. The maximum Gasteiger partial charge on any atom is 0.182 e. The highest BCUT2D eigenvalue weighted by molar-refractivity contribution is 7.71. The van der Waals surface area contributed by atoms with Crippen LogP contribution >= 0.6 is 12.2 Å². The molecule has 0 bridgehead atoms. The van der Waals surface area contributed by atoms with Crippen LogP contribution in [0.2, 0.25) is 0 Å². The number of para-hydroxylation sites is 1. The van der Waals surface area contributed by atoms with Gasteiger partial charge >= 0.3 is 0 Å². The third-order valence-corrected chi connectivity index (χ3v) is 2.86. The van der Waals surface area contributed by atoms with E-state index < -0.39 is 0 Å². The van der Waals surface area contributed by atoms with Gasteiger partial charge in [0.25, 0.3) is 0 Å². The first kappa shape index (κ1) is 10.2. The Morgan fingerprint density at radius 1 is 1.24 bits per heavy atom. The van der Waals surface area contributed by atoms with Crippen LogP contribution in [0, 0.1) is 10.6 Å².